The highest BCUT2D eigenvalue weighted by Gasteiger charge is 2.25. The van der Waals surface area contributed by atoms with E-state index in [0.717, 1.165) is 13.1 Å². The van der Waals surface area contributed by atoms with Crippen LogP contribution in [-0.2, 0) is 0 Å². The highest BCUT2D eigenvalue weighted by molar-refractivity contribution is 5.94. The number of piperazine rings is 1. The fourth-order valence-corrected chi connectivity index (χ4v) is 1.94. The quantitative estimate of drug-likeness (QED) is 0.447. The Morgan fingerprint density at radius 1 is 1.15 bits per heavy atom. The minimum absolute atomic E-state index is 0.352. The summed E-state index contributed by atoms with van der Waals surface area (Å²) in [6, 6.07) is 0.352. The first-order valence-electron chi connectivity index (χ1n) is 6.10. The molecule has 0 bridgehead atoms. The number of hydrogen-bond donors (Lipinski definition) is 2. The normalized spacial score (nSPS) is 17.2. The molecule has 1 fully saturated rings. The van der Waals surface area contributed by atoms with Gasteiger partial charge < -0.3 is 4.90 Å². The molecule has 1 aliphatic heterocycles. The Morgan fingerprint density at radius 2 is 1.75 bits per heavy atom. The molecule has 1 aliphatic rings. The number of hydrazine groups is 1. The predicted molar refractivity (Wildman–Crippen MR) is 61.9 cm³/mol. The topological polar surface area (TPSA) is 36.8 Å². The molecule has 0 radical (unpaired) electrons. The molecule has 0 aromatic heterocycles. The van der Waals surface area contributed by atoms with Crippen LogP contribution >= 0.6 is 0 Å². The average molecular weight is 292 g/mol. The van der Waals surface area contributed by atoms with Crippen molar-refractivity contribution in [3.8, 4) is 0 Å². The Hall–Kier alpha value is -1.67. The number of nitrogens with zero attached hydrogens (tertiary/aromatic N) is 1. The lowest BCUT2D eigenvalue weighted by atomic mass is 10.2. The summed E-state index contributed by atoms with van der Waals surface area (Å²) in [6.07, 6.45) is 0. The van der Waals surface area contributed by atoms with Gasteiger partial charge in [-0.05, 0) is 6.07 Å². The zero-order valence-corrected chi connectivity index (χ0v) is 10.8. The lowest BCUT2D eigenvalue weighted by molar-refractivity contribution is -0.884. The molecule has 1 heterocycles. The summed E-state index contributed by atoms with van der Waals surface area (Å²) >= 11 is 0. The van der Waals surface area contributed by atoms with Gasteiger partial charge in [-0.1, -0.05) is 0 Å². The van der Waals surface area contributed by atoms with Crippen molar-refractivity contribution in [3.05, 3.63) is 34.9 Å². The summed E-state index contributed by atoms with van der Waals surface area (Å²) in [5.74, 6) is -8.21. The molecule has 1 aromatic rings. The second-order valence-corrected chi connectivity index (χ2v) is 4.73. The maximum atomic E-state index is 13.4. The van der Waals surface area contributed by atoms with Crippen LogP contribution < -0.4 is 10.3 Å². The van der Waals surface area contributed by atoms with Gasteiger partial charge in [0, 0.05) is 0 Å². The van der Waals surface area contributed by atoms with Crippen molar-refractivity contribution in [1.29, 1.82) is 0 Å². The van der Waals surface area contributed by atoms with E-state index in [-0.39, 0.29) is 0 Å². The molecule has 0 spiro atoms. The van der Waals surface area contributed by atoms with E-state index in [1.807, 2.05) is 7.05 Å². The van der Waals surface area contributed by atoms with E-state index in [4.69, 9.17) is 0 Å². The Bertz CT molecular complexity index is 530. The fraction of sp³-hybridized carbons (Fsp3) is 0.417. The Morgan fingerprint density at radius 3 is 2.35 bits per heavy atom. The zero-order chi connectivity index (χ0) is 14.9. The number of carbonyl (C=O) groups excluding carboxylic acids is 1. The number of likely N-dealkylation sites (N-methyl/N-ethyl adjacent to an activating group) is 1. The molecule has 1 amide bonds. The van der Waals surface area contributed by atoms with E-state index >= 15 is 0 Å². The van der Waals surface area contributed by atoms with Crippen LogP contribution in [0, 0.1) is 23.3 Å². The molecule has 8 heteroatoms. The summed E-state index contributed by atoms with van der Waals surface area (Å²) < 4.78 is 52.3. The van der Waals surface area contributed by atoms with Crippen LogP contribution in [0.4, 0.5) is 17.6 Å². The van der Waals surface area contributed by atoms with Gasteiger partial charge in [-0.15, -0.1) is 0 Å². The van der Waals surface area contributed by atoms with Crippen molar-refractivity contribution >= 4 is 5.91 Å². The van der Waals surface area contributed by atoms with Crippen LogP contribution in [-0.4, -0.2) is 44.1 Å². The SMILES string of the molecule is C[NH+]1CCN(NC(=O)c2cc(F)c(F)c(F)c2F)CC1. The molecule has 0 saturated carbocycles. The van der Waals surface area contributed by atoms with Crippen molar-refractivity contribution in [2.75, 3.05) is 33.2 Å². The Kier molecular flexibility index (Phi) is 4.24. The fourth-order valence-electron chi connectivity index (χ4n) is 1.94. The molecule has 1 aromatic carbocycles. The first kappa shape index (κ1) is 14.7. The smallest absolute Gasteiger partial charge is 0.268 e. The third kappa shape index (κ3) is 2.91. The van der Waals surface area contributed by atoms with Crippen molar-refractivity contribution in [3.63, 3.8) is 0 Å². The van der Waals surface area contributed by atoms with Gasteiger partial charge >= 0.3 is 0 Å². The van der Waals surface area contributed by atoms with Gasteiger partial charge in [0.2, 0.25) is 0 Å². The molecular weight excluding hydrogens is 278 g/mol. The molecule has 0 aliphatic carbocycles. The second-order valence-electron chi connectivity index (χ2n) is 4.73. The molecule has 0 unspecified atom stereocenters. The lowest BCUT2D eigenvalue weighted by Gasteiger charge is -2.30. The maximum Gasteiger partial charge on any atom is 0.268 e. The number of hydrogen-bond acceptors (Lipinski definition) is 2. The minimum atomic E-state index is -1.99. The summed E-state index contributed by atoms with van der Waals surface area (Å²) in [5, 5.41) is 1.54. The van der Waals surface area contributed by atoms with Crippen molar-refractivity contribution in [1.82, 2.24) is 10.4 Å². The van der Waals surface area contributed by atoms with Crippen LogP contribution in [0.25, 0.3) is 0 Å². The van der Waals surface area contributed by atoms with Crippen LogP contribution in [0.2, 0.25) is 0 Å². The highest BCUT2D eigenvalue weighted by atomic mass is 19.2. The van der Waals surface area contributed by atoms with Crippen molar-refractivity contribution < 1.29 is 27.3 Å². The summed E-state index contributed by atoms with van der Waals surface area (Å²) in [4.78, 5) is 13.1. The minimum Gasteiger partial charge on any atom is -0.335 e. The molecule has 2 rings (SSSR count). The molecule has 20 heavy (non-hydrogen) atoms. The predicted octanol–water partition coefficient (Wildman–Crippen LogP) is -0.282. The molecular formula is C12H14F4N3O+. The molecule has 1 saturated heterocycles. The Balaban J connectivity index is 2.14. The van der Waals surface area contributed by atoms with Gasteiger partial charge in [-0.25, -0.2) is 22.6 Å². The molecule has 0 atom stereocenters. The highest BCUT2D eigenvalue weighted by Crippen LogP contribution is 2.18. The van der Waals surface area contributed by atoms with Gasteiger partial charge in [-0.3, -0.25) is 10.2 Å². The molecule has 4 nitrogen and oxygen atoms in total. The van der Waals surface area contributed by atoms with Crippen LogP contribution in [0.3, 0.4) is 0 Å². The van der Waals surface area contributed by atoms with Crippen LogP contribution in [0.5, 0.6) is 0 Å². The summed E-state index contributed by atoms with van der Waals surface area (Å²) in [7, 11) is 1.99. The zero-order valence-electron chi connectivity index (χ0n) is 10.8. The van der Waals surface area contributed by atoms with Crippen molar-refractivity contribution in [2.45, 2.75) is 0 Å². The van der Waals surface area contributed by atoms with Gasteiger partial charge in [0.1, 0.15) is 0 Å². The first-order chi connectivity index (χ1) is 9.40. The van der Waals surface area contributed by atoms with E-state index in [1.165, 1.54) is 9.91 Å². The molecule has 2 N–H and O–H groups in total. The Labute approximate surface area is 112 Å². The van der Waals surface area contributed by atoms with E-state index in [1.54, 1.807) is 0 Å². The number of rotatable bonds is 2. The standard InChI is InChI=1S/C12H13F4N3O/c1-18-2-4-19(5-3-18)17-12(20)7-6-8(13)10(15)11(16)9(7)14/h6H,2-5H2,1H3,(H,17,20)/p+1. The van der Waals surface area contributed by atoms with Gasteiger partial charge in [0.05, 0.1) is 38.8 Å². The second kappa shape index (κ2) is 5.76. The number of halogens is 4. The maximum absolute atomic E-state index is 13.4. The largest absolute Gasteiger partial charge is 0.335 e. The number of amides is 1. The molecule has 110 valence electrons. The summed E-state index contributed by atoms with van der Waals surface area (Å²) in [6.45, 7) is 2.61. The van der Waals surface area contributed by atoms with Crippen molar-refractivity contribution in [2.24, 2.45) is 0 Å². The van der Waals surface area contributed by atoms with Gasteiger partial charge in [0.25, 0.3) is 5.91 Å². The van der Waals surface area contributed by atoms with E-state index in [9.17, 15) is 22.4 Å². The lowest BCUT2D eigenvalue weighted by Crippen LogP contribution is -3.12. The number of nitrogens with one attached hydrogen (secondary N) is 2. The number of benzene rings is 1. The number of quaternary nitrogens is 1. The van der Waals surface area contributed by atoms with E-state index in [2.05, 4.69) is 5.43 Å². The monoisotopic (exact) mass is 292 g/mol. The first-order valence-corrected chi connectivity index (χ1v) is 6.10. The van der Waals surface area contributed by atoms with E-state index in [0.29, 0.717) is 19.2 Å². The van der Waals surface area contributed by atoms with E-state index < -0.39 is 34.7 Å². The van der Waals surface area contributed by atoms with Crippen LogP contribution in [0.1, 0.15) is 10.4 Å². The van der Waals surface area contributed by atoms with Crippen LogP contribution in [0.15, 0.2) is 6.07 Å². The van der Waals surface area contributed by atoms with Gasteiger partial charge in [-0.2, -0.15) is 0 Å². The summed E-state index contributed by atoms with van der Waals surface area (Å²) in [5.41, 5.74) is 1.50. The number of carbonyl (C=O) groups is 1. The van der Waals surface area contributed by atoms with Gasteiger partial charge in [0.15, 0.2) is 23.3 Å². The third-order valence-corrected chi connectivity index (χ3v) is 3.22. The third-order valence-electron chi connectivity index (χ3n) is 3.22. The average Bonchev–Trinajstić information content (AvgIpc) is 2.43.